The molecule has 1 aromatic heterocycles. The lowest BCUT2D eigenvalue weighted by molar-refractivity contribution is 0.0773. The minimum atomic E-state index is 0.000833. The van der Waals surface area contributed by atoms with Gasteiger partial charge < -0.3 is 10.6 Å². The molecule has 15 heavy (non-hydrogen) atoms. The van der Waals surface area contributed by atoms with Crippen LogP contribution in [0.5, 0.6) is 0 Å². The van der Waals surface area contributed by atoms with E-state index in [0.717, 1.165) is 24.6 Å². The molecule has 0 aromatic carbocycles. The molecular weight excluding hydrogens is 212 g/mol. The third kappa shape index (κ3) is 1.94. The molecule has 1 amide bonds. The second-order valence-electron chi connectivity index (χ2n) is 3.47. The Bertz CT molecular complexity index is 370. The molecule has 2 heterocycles. The zero-order chi connectivity index (χ0) is 10.8. The summed E-state index contributed by atoms with van der Waals surface area (Å²) < 4.78 is 1.52. The molecule has 0 bridgehead atoms. The predicted octanol–water partition coefficient (Wildman–Crippen LogP) is 0.191. The lowest BCUT2D eigenvalue weighted by atomic mass is 10.3. The lowest BCUT2D eigenvalue weighted by Crippen LogP contribution is -2.38. The van der Waals surface area contributed by atoms with Crippen LogP contribution in [0.2, 0.25) is 0 Å². The first-order valence-electron chi connectivity index (χ1n) is 4.84. The third-order valence-corrected chi connectivity index (χ3v) is 3.46. The third-order valence-electron chi connectivity index (χ3n) is 2.51. The molecule has 2 rings (SSSR count). The van der Waals surface area contributed by atoms with Crippen molar-refractivity contribution >= 4 is 23.5 Å². The van der Waals surface area contributed by atoms with Crippen LogP contribution in [0.3, 0.4) is 0 Å². The van der Waals surface area contributed by atoms with Crippen molar-refractivity contribution in [1.82, 2.24) is 14.7 Å². The molecule has 1 saturated heterocycles. The van der Waals surface area contributed by atoms with Gasteiger partial charge in [-0.15, -0.1) is 0 Å². The maximum absolute atomic E-state index is 12.0. The molecule has 0 atom stereocenters. The van der Waals surface area contributed by atoms with Crippen molar-refractivity contribution in [2.75, 3.05) is 30.3 Å². The summed E-state index contributed by atoms with van der Waals surface area (Å²) in [5.41, 5.74) is 6.28. The van der Waals surface area contributed by atoms with Crippen LogP contribution in [0.1, 0.15) is 10.4 Å². The summed E-state index contributed by atoms with van der Waals surface area (Å²) in [5, 5.41) is 3.97. The first-order chi connectivity index (χ1) is 7.20. The number of nitrogen functional groups attached to an aromatic ring is 1. The number of nitrogens with two attached hydrogens (primary N) is 1. The summed E-state index contributed by atoms with van der Waals surface area (Å²) in [6.45, 7) is 1.61. The van der Waals surface area contributed by atoms with E-state index in [9.17, 15) is 4.79 Å². The Hall–Kier alpha value is -1.17. The number of carbonyl (C=O) groups is 1. The van der Waals surface area contributed by atoms with Crippen molar-refractivity contribution in [3.63, 3.8) is 0 Å². The quantitative estimate of drug-likeness (QED) is 0.742. The van der Waals surface area contributed by atoms with E-state index in [4.69, 9.17) is 5.73 Å². The number of anilines is 1. The van der Waals surface area contributed by atoms with Gasteiger partial charge in [0.2, 0.25) is 0 Å². The van der Waals surface area contributed by atoms with Crippen molar-refractivity contribution < 1.29 is 4.79 Å². The molecule has 1 fully saturated rings. The highest BCUT2D eigenvalue weighted by molar-refractivity contribution is 7.99. The summed E-state index contributed by atoms with van der Waals surface area (Å²) >= 11 is 1.87. The van der Waals surface area contributed by atoms with E-state index in [-0.39, 0.29) is 5.91 Å². The number of aryl methyl sites for hydroxylation is 1. The number of thioether (sulfide) groups is 1. The van der Waals surface area contributed by atoms with Gasteiger partial charge in [-0.25, -0.2) is 0 Å². The van der Waals surface area contributed by atoms with Crippen LogP contribution in [0.25, 0.3) is 0 Å². The average molecular weight is 226 g/mol. The van der Waals surface area contributed by atoms with Crippen LogP contribution >= 0.6 is 11.8 Å². The van der Waals surface area contributed by atoms with E-state index in [0.29, 0.717) is 11.4 Å². The molecule has 82 valence electrons. The fourth-order valence-electron chi connectivity index (χ4n) is 1.55. The van der Waals surface area contributed by atoms with Gasteiger partial charge in [-0.1, -0.05) is 0 Å². The molecule has 1 aliphatic heterocycles. The van der Waals surface area contributed by atoms with Crippen LogP contribution < -0.4 is 5.73 Å². The first kappa shape index (κ1) is 10.4. The summed E-state index contributed by atoms with van der Waals surface area (Å²) in [4.78, 5) is 13.9. The van der Waals surface area contributed by atoms with Gasteiger partial charge in [0, 0.05) is 31.6 Å². The Kier molecular flexibility index (Phi) is 2.86. The van der Waals surface area contributed by atoms with Crippen molar-refractivity contribution in [2.24, 2.45) is 7.05 Å². The average Bonchev–Trinajstić information content (AvgIpc) is 2.60. The lowest BCUT2D eigenvalue weighted by Gasteiger charge is -2.26. The van der Waals surface area contributed by atoms with Crippen molar-refractivity contribution in [1.29, 1.82) is 0 Å². The number of aromatic nitrogens is 2. The zero-order valence-corrected chi connectivity index (χ0v) is 9.46. The number of hydrogen-bond donors (Lipinski definition) is 1. The molecule has 0 aliphatic carbocycles. The largest absolute Gasteiger partial charge is 0.383 e. The van der Waals surface area contributed by atoms with E-state index in [1.165, 1.54) is 4.68 Å². The second kappa shape index (κ2) is 4.14. The smallest absolute Gasteiger partial charge is 0.259 e. The predicted molar refractivity (Wildman–Crippen MR) is 60.8 cm³/mol. The van der Waals surface area contributed by atoms with Gasteiger partial charge in [0.1, 0.15) is 11.4 Å². The van der Waals surface area contributed by atoms with E-state index < -0.39 is 0 Å². The molecule has 2 N–H and O–H groups in total. The molecular formula is C9H14N4OS. The van der Waals surface area contributed by atoms with Crippen LogP contribution in [-0.4, -0.2) is 45.2 Å². The highest BCUT2D eigenvalue weighted by Crippen LogP contribution is 2.16. The van der Waals surface area contributed by atoms with Gasteiger partial charge >= 0.3 is 0 Å². The molecule has 0 radical (unpaired) electrons. The fraction of sp³-hybridized carbons (Fsp3) is 0.556. The molecule has 6 heteroatoms. The molecule has 5 nitrogen and oxygen atoms in total. The highest BCUT2D eigenvalue weighted by atomic mass is 32.2. The van der Waals surface area contributed by atoms with Crippen molar-refractivity contribution in [3.8, 4) is 0 Å². The first-order valence-corrected chi connectivity index (χ1v) is 6.00. The Morgan fingerprint density at radius 3 is 2.73 bits per heavy atom. The van der Waals surface area contributed by atoms with Gasteiger partial charge in [-0.05, 0) is 0 Å². The number of amides is 1. The highest BCUT2D eigenvalue weighted by Gasteiger charge is 2.22. The summed E-state index contributed by atoms with van der Waals surface area (Å²) in [6, 6.07) is 0. The fourth-order valence-corrected chi connectivity index (χ4v) is 2.45. The Morgan fingerprint density at radius 2 is 2.20 bits per heavy atom. The molecule has 0 unspecified atom stereocenters. The monoisotopic (exact) mass is 226 g/mol. The van der Waals surface area contributed by atoms with E-state index >= 15 is 0 Å². The van der Waals surface area contributed by atoms with Gasteiger partial charge in [0.05, 0.1) is 6.20 Å². The SMILES string of the molecule is Cn1ncc(C(=O)N2CCSCC2)c1N. The second-order valence-corrected chi connectivity index (χ2v) is 4.70. The summed E-state index contributed by atoms with van der Waals surface area (Å²) in [6.07, 6.45) is 1.54. The maximum atomic E-state index is 12.0. The van der Waals surface area contributed by atoms with Gasteiger partial charge in [-0.2, -0.15) is 16.9 Å². The zero-order valence-electron chi connectivity index (χ0n) is 8.64. The maximum Gasteiger partial charge on any atom is 0.259 e. The van der Waals surface area contributed by atoms with Gasteiger partial charge in [0.25, 0.3) is 5.91 Å². The minimum Gasteiger partial charge on any atom is -0.383 e. The van der Waals surface area contributed by atoms with E-state index in [2.05, 4.69) is 5.10 Å². The molecule has 1 aliphatic rings. The minimum absolute atomic E-state index is 0.000833. The van der Waals surface area contributed by atoms with E-state index in [1.54, 1.807) is 13.2 Å². The number of carbonyl (C=O) groups excluding carboxylic acids is 1. The van der Waals surface area contributed by atoms with Crippen LogP contribution in [0.4, 0.5) is 5.82 Å². The number of hydrogen-bond acceptors (Lipinski definition) is 4. The molecule has 0 saturated carbocycles. The van der Waals surface area contributed by atoms with Crippen LogP contribution in [0, 0.1) is 0 Å². The Labute approximate surface area is 92.6 Å². The Balaban J connectivity index is 2.16. The Morgan fingerprint density at radius 1 is 1.53 bits per heavy atom. The summed E-state index contributed by atoms with van der Waals surface area (Å²) in [5.74, 6) is 2.46. The van der Waals surface area contributed by atoms with E-state index in [1.807, 2.05) is 16.7 Å². The van der Waals surface area contributed by atoms with Crippen molar-refractivity contribution in [2.45, 2.75) is 0 Å². The molecule has 1 aromatic rings. The number of rotatable bonds is 1. The van der Waals surface area contributed by atoms with Gasteiger partial charge in [-0.3, -0.25) is 9.48 Å². The molecule has 0 spiro atoms. The normalized spacial score (nSPS) is 16.7. The standard InChI is InChI=1S/C9H14N4OS/c1-12-8(10)7(6-11-12)9(14)13-2-4-15-5-3-13/h6H,2-5,10H2,1H3. The summed E-state index contributed by atoms with van der Waals surface area (Å²) in [7, 11) is 1.73. The van der Waals surface area contributed by atoms with Crippen LogP contribution in [0.15, 0.2) is 6.20 Å². The van der Waals surface area contributed by atoms with Gasteiger partial charge in [0.15, 0.2) is 0 Å². The number of nitrogens with zero attached hydrogens (tertiary/aromatic N) is 3. The van der Waals surface area contributed by atoms with Crippen molar-refractivity contribution in [3.05, 3.63) is 11.8 Å². The topological polar surface area (TPSA) is 64.2 Å². The van der Waals surface area contributed by atoms with Crippen LogP contribution in [-0.2, 0) is 7.05 Å².